The van der Waals surface area contributed by atoms with Crippen LogP contribution in [0.25, 0.3) is 0 Å². The summed E-state index contributed by atoms with van der Waals surface area (Å²) in [5.74, 6) is 1.87. The van der Waals surface area contributed by atoms with Crippen LogP contribution in [0, 0.1) is 0 Å². The predicted molar refractivity (Wildman–Crippen MR) is 98.8 cm³/mol. The Morgan fingerprint density at radius 3 is 2.67 bits per heavy atom. The van der Waals surface area contributed by atoms with Gasteiger partial charge in [0.2, 0.25) is 0 Å². The van der Waals surface area contributed by atoms with Crippen LogP contribution >= 0.6 is 0 Å². The van der Waals surface area contributed by atoms with Crippen molar-refractivity contribution in [3.8, 4) is 5.75 Å². The zero-order valence-electron chi connectivity index (χ0n) is 14.2. The first-order valence-corrected chi connectivity index (χ1v) is 8.62. The molecular formula is C19H26N4O. The molecule has 2 N–H and O–H groups in total. The van der Waals surface area contributed by atoms with Crippen LogP contribution in [0.1, 0.15) is 12.8 Å². The molecule has 0 amide bonds. The molecule has 1 saturated heterocycles. The van der Waals surface area contributed by atoms with Crippen LogP contribution in [-0.2, 0) is 0 Å². The summed E-state index contributed by atoms with van der Waals surface area (Å²) in [4.78, 5) is 6.80. The minimum atomic E-state index is 0.515. The first-order valence-electron chi connectivity index (χ1n) is 8.62. The Kier molecular flexibility index (Phi) is 5.90. The van der Waals surface area contributed by atoms with Gasteiger partial charge in [-0.15, -0.1) is 0 Å². The normalized spacial score (nSPS) is 15.9. The van der Waals surface area contributed by atoms with Gasteiger partial charge in [0.25, 0.3) is 0 Å². The van der Waals surface area contributed by atoms with Gasteiger partial charge in [-0.1, -0.05) is 18.2 Å². The van der Waals surface area contributed by atoms with E-state index in [1.807, 2.05) is 42.6 Å². The Bertz CT molecular complexity index is 612. The van der Waals surface area contributed by atoms with E-state index < -0.39 is 0 Å². The fraction of sp³-hybridized carbons (Fsp3) is 0.421. The summed E-state index contributed by atoms with van der Waals surface area (Å²) in [5.41, 5.74) is 1.09. The summed E-state index contributed by atoms with van der Waals surface area (Å²) >= 11 is 0. The van der Waals surface area contributed by atoms with E-state index in [0.29, 0.717) is 6.04 Å². The summed E-state index contributed by atoms with van der Waals surface area (Å²) in [6.45, 7) is 4.23. The Morgan fingerprint density at radius 1 is 1.12 bits per heavy atom. The van der Waals surface area contributed by atoms with E-state index >= 15 is 0 Å². The summed E-state index contributed by atoms with van der Waals surface area (Å²) in [6.07, 6.45) is 4.13. The second-order valence-corrected chi connectivity index (χ2v) is 6.10. The number of methoxy groups -OCH3 is 1. The van der Waals surface area contributed by atoms with Gasteiger partial charge < -0.3 is 20.3 Å². The number of ether oxygens (including phenoxy) is 1. The number of hydrogen-bond acceptors (Lipinski definition) is 5. The highest BCUT2D eigenvalue weighted by Gasteiger charge is 2.19. The molecular weight excluding hydrogens is 300 g/mol. The average molecular weight is 326 g/mol. The maximum absolute atomic E-state index is 5.42. The first-order chi connectivity index (χ1) is 11.8. The van der Waals surface area contributed by atoms with E-state index in [4.69, 9.17) is 4.74 Å². The minimum Gasteiger partial charge on any atom is -0.495 e. The third kappa shape index (κ3) is 4.61. The van der Waals surface area contributed by atoms with E-state index in [9.17, 15) is 0 Å². The van der Waals surface area contributed by atoms with Crippen LogP contribution in [0.4, 0.5) is 11.5 Å². The van der Waals surface area contributed by atoms with Crippen LogP contribution < -0.4 is 15.4 Å². The van der Waals surface area contributed by atoms with Gasteiger partial charge >= 0.3 is 0 Å². The van der Waals surface area contributed by atoms with Gasteiger partial charge in [-0.05, 0) is 37.1 Å². The van der Waals surface area contributed by atoms with Crippen molar-refractivity contribution in [3.05, 3.63) is 48.7 Å². The molecule has 1 aromatic carbocycles. The van der Waals surface area contributed by atoms with Gasteiger partial charge in [0.1, 0.15) is 11.6 Å². The zero-order chi connectivity index (χ0) is 16.6. The highest BCUT2D eigenvalue weighted by atomic mass is 16.5. The average Bonchev–Trinajstić information content (AvgIpc) is 2.64. The lowest BCUT2D eigenvalue weighted by atomic mass is 10.0. The minimum absolute atomic E-state index is 0.515. The van der Waals surface area contributed by atoms with Gasteiger partial charge in [0.15, 0.2) is 0 Å². The highest BCUT2D eigenvalue weighted by molar-refractivity contribution is 5.56. The molecule has 1 aliphatic heterocycles. The second-order valence-electron chi connectivity index (χ2n) is 6.10. The van der Waals surface area contributed by atoms with Crippen molar-refractivity contribution in [2.24, 2.45) is 0 Å². The number of piperidine rings is 1. The number of nitrogens with one attached hydrogen (secondary N) is 2. The summed E-state index contributed by atoms with van der Waals surface area (Å²) < 4.78 is 5.42. The van der Waals surface area contributed by atoms with Crippen molar-refractivity contribution in [2.45, 2.75) is 18.9 Å². The Morgan fingerprint density at radius 2 is 1.92 bits per heavy atom. The van der Waals surface area contributed by atoms with Gasteiger partial charge in [-0.25, -0.2) is 4.98 Å². The predicted octanol–water partition coefficient (Wildman–Crippen LogP) is 3.08. The molecule has 0 bridgehead atoms. The number of aromatic nitrogens is 1. The lowest BCUT2D eigenvalue weighted by Crippen LogP contribution is -2.41. The van der Waals surface area contributed by atoms with E-state index in [1.165, 1.54) is 0 Å². The van der Waals surface area contributed by atoms with E-state index in [0.717, 1.165) is 56.3 Å². The van der Waals surface area contributed by atoms with E-state index in [-0.39, 0.29) is 0 Å². The Balaban J connectivity index is 1.39. The third-order valence-electron chi connectivity index (χ3n) is 4.45. The van der Waals surface area contributed by atoms with Crippen molar-refractivity contribution in [1.29, 1.82) is 0 Å². The number of para-hydroxylation sites is 2. The molecule has 2 heterocycles. The molecule has 5 heteroatoms. The van der Waals surface area contributed by atoms with Crippen molar-refractivity contribution >= 4 is 11.5 Å². The number of nitrogens with zero attached hydrogens (tertiary/aromatic N) is 2. The van der Waals surface area contributed by atoms with Crippen LogP contribution in [-0.4, -0.2) is 49.2 Å². The molecule has 128 valence electrons. The van der Waals surface area contributed by atoms with Crippen molar-refractivity contribution in [2.75, 3.05) is 43.9 Å². The second kappa shape index (κ2) is 8.55. The number of rotatable bonds is 7. The van der Waals surface area contributed by atoms with Gasteiger partial charge in [-0.3, -0.25) is 0 Å². The summed E-state index contributed by atoms with van der Waals surface area (Å²) in [7, 11) is 1.72. The summed E-state index contributed by atoms with van der Waals surface area (Å²) in [5, 5.41) is 7.00. The third-order valence-corrected chi connectivity index (χ3v) is 4.45. The summed E-state index contributed by atoms with van der Waals surface area (Å²) in [6, 6.07) is 14.6. The maximum atomic E-state index is 5.42. The zero-order valence-corrected chi connectivity index (χ0v) is 14.2. The highest BCUT2D eigenvalue weighted by Crippen LogP contribution is 2.26. The Labute approximate surface area is 144 Å². The van der Waals surface area contributed by atoms with Crippen LogP contribution in [0.15, 0.2) is 48.7 Å². The van der Waals surface area contributed by atoms with Gasteiger partial charge in [0.05, 0.1) is 12.8 Å². The quantitative estimate of drug-likeness (QED) is 0.819. The molecule has 1 aromatic heterocycles. The number of likely N-dealkylation sites (tertiary alicyclic amines) is 1. The molecule has 1 fully saturated rings. The number of pyridine rings is 1. The molecule has 0 radical (unpaired) electrons. The Hall–Kier alpha value is -2.27. The monoisotopic (exact) mass is 326 g/mol. The topological polar surface area (TPSA) is 49.4 Å². The molecule has 2 aromatic rings. The molecule has 0 unspecified atom stereocenters. The lowest BCUT2D eigenvalue weighted by Gasteiger charge is -2.33. The fourth-order valence-corrected chi connectivity index (χ4v) is 3.09. The molecule has 3 rings (SSSR count). The number of hydrogen-bond donors (Lipinski definition) is 2. The largest absolute Gasteiger partial charge is 0.495 e. The maximum Gasteiger partial charge on any atom is 0.141 e. The molecule has 24 heavy (non-hydrogen) atoms. The molecule has 5 nitrogen and oxygen atoms in total. The molecule has 1 aliphatic rings. The van der Waals surface area contributed by atoms with Gasteiger partial charge in [0, 0.05) is 38.4 Å². The SMILES string of the molecule is COc1ccccc1NC1CCN(CCNc2ccccn2)CC1. The van der Waals surface area contributed by atoms with Crippen LogP contribution in [0.5, 0.6) is 5.75 Å². The first kappa shape index (κ1) is 16.6. The van der Waals surface area contributed by atoms with Crippen molar-refractivity contribution < 1.29 is 4.74 Å². The molecule has 0 spiro atoms. The lowest BCUT2D eigenvalue weighted by molar-refractivity contribution is 0.226. The number of anilines is 2. The van der Waals surface area contributed by atoms with Crippen LogP contribution in [0.3, 0.4) is 0 Å². The number of benzene rings is 1. The standard InChI is InChI=1S/C19H26N4O/c1-24-18-7-3-2-6-17(18)22-16-9-13-23(14-10-16)15-12-21-19-8-4-5-11-20-19/h2-8,11,16,22H,9-10,12-15H2,1H3,(H,20,21). The van der Waals surface area contributed by atoms with E-state index in [2.05, 4.69) is 26.6 Å². The molecule has 0 saturated carbocycles. The van der Waals surface area contributed by atoms with Crippen molar-refractivity contribution in [3.63, 3.8) is 0 Å². The molecule has 0 atom stereocenters. The van der Waals surface area contributed by atoms with Crippen LogP contribution in [0.2, 0.25) is 0 Å². The molecule has 0 aliphatic carbocycles. The fourth-order valence-electron chi connectivity index (χ4n) is 3.09. The van der Waals surface area contributed by atoms with E-state index in [1.54, 1.807) is 7.11 Å². The smallest absolute Gasteiger partial charge is 0.141 e. The van der Waals surface area contributed by atoms with Gasteiger partial charge in [-0.2, -0.15) is 0 Å². The van der Waals surface area contributed by atoms with Crippen molar-refractivity contribution in [1.82, 2.24) is 9.88 Å².